The van der Waals surface area contributed by atoms with E-state index in [1.165, 1.54) is 12.1 Å². The van der Waals surface area contributed by atoms with E-state index in [1.807, 2.05) is 32.9 Å². The minimum absolute atomic E-state index is 0.0875. The van der Waals surface area contributed by atoms with Crippen LogP contribution in [0.25, 0.3) is 0 Å². The van der Waals surface area contributed by atoms with Crippen molar-refractivity contribution in [3.8, 4) is 0 Å². The number of rotatable bonds is 3. The van der Waals surface area contributed by atoms with E-state index in [9.17, 15) is 14.3 Å². The molecule has 2 aliphatic heterocycles. The van der Waals surface area contributed by atoms with Crippen molar-refractivity contribution in [2.45, 2.75) is 76.7 Å². The fourth-order valence-corrected chi connectivity index (χ4v) is 4.51. The lowest BCUT2D eigenvalue weighted by Crippen LogP contribution is -2.57. The number of hydrogen-bond donors (Lipinski definition) is 1. The maximum Gasteiger partial charge on any atom is 0.407 e. The fraction of sp³-hybridized carbons (Fsp3) is 0.632. The molecule has 3 rings (SSSR count). The van der Waals surface area contributed by atoms with Crippen LogP contribution in [-0.2, 0) is 6.54 Å². The Balaban J connectivity index is 1.72. The van der Waals surface area contributed by atoms with E-state index in [2.05, 4.69) is 4.90 Å². The summed E-state index contributed by atoms with van der Waals surface area (Å²) < 4.78 is 13.1. The number of benzene rings is 1. The van der Waals surface area contributed by atoms with Crippen molar-refractivity contribution in [1.82, 2.24) is 9.80 Å². The lowest BCUT2D eigenvalue weighted by atomic mass is 9.92. The third-order valence-corrected chi connectivity index (χ3v) is 5.43. The lowest BCUT2D eigenvalue weighted by Gasteiger charge is -2.46. The van der Waals surface area contributed by atoms with Gasteiger partial charge < -0.3 is 10.0 Å². The van der Waals surface area contributed by atoms with Gasteiger partial charge in [0.05, 0.1) is 0 Å². The summed E-state index contributed by atoms with van der Waals surface area (Å²) in [7, 11) is 0. The molecule has 4 nitrogen and oxygen atoms in total. The minimum atomic E-state index is -0.820. The first kappa shape index (κ1) is 17.2. The Morgan fingerprint density at radius 2 is 1.75 bits per heavy atom. The van der Waals surface area contributed by atoms with Gasteiger partial charge in [-0.3, -0.25) is 4.90 Å². The van der Waals surface area contributed by atoms with Crippen LogP contribution in [0.1, 0.15) is 52.0 Å². The van der Waals surface area contributed by atoms with Gasteiger partial charge in [-0.1, -0.05) is 12.1 Å². The molecule has 1 N–H and O–H groups in total. The van der Waals surface area contributed by atoms with E-state index >= 15 is 0 Å². The molecular formula is C19H27FN2O2. The molecule has 2 aliphatic rings. The molecule has 5 heteroatoms. The Bertz CT molecular complexity index is 582. The normalized spacial score (nSPS) is 27.2. The van der Waals surface area contributed by atoms with Gasteiger partial charge in [-0.15, -0.1) is 0 Å². The van der Waals surface area contributed by atoms with Crippen molar-refractivity contribution in [2.75, 3.05) is 0 Å². The molecule has 1 aromatic rings. The monoisotopic (exact) mass is 334 g/mol. The third kappa shape index (κ3) is 3.41. The number of carbonyl (C=O) groups is 1. The van der Waals surface area contributed by atoms with Gasteiger partial charge in [0, 0.05) is 30.2 Å². The molecule has 0 aliphatic carbocycles. The predicted molar refractivity (Wildman–Crippen MR) is 91.4 cm³/mol. The van der Waals surface area contributed by atoms with Crippen molar-refractivity contribution in [2.24, 2.45) is 0 Å². The molecule has 2 heterocycles. The smallest absolute Gasteiger partial charge is 0.407 e. The zero-order chi connectivity index (χ0) is 17.5. The molecule has 1 amide bonds. The summed E-state index contributed by atoms with van der Waals surface area (Å²) in [4.78, 5) is 15.9. The zero-order valence-electron chi connectivity index (χ0n) is 14.7. The van der Waals surface area contributed by atoms with E-state index in [-0.39, 0.29) is 17.4 Å². The van der Waals surface area contributed by atoms with Crippen molar-refractivity contribution < 1.29 is 14.3 Å². The van der Waals surface area contributed by atoms with Crippen LogP contribution in [0.5, 0.6) is 0 Å². The molecule has 0 radical (unpaired) electrons. The summed E-state index contributed by atoms with van der Waals surface area (Å²) in [6, 6.07) is 7.64. The van der Waals surface area contributed by atoms with Gasteiger partial charge in [-0.05, 0) is 64.2 Å². The number of hydrogen-bond acceptors (Lipinski definition) is 2. The van der Waals surface area contributed by atoms with Crippen LogP contribution >= 0.6 is 0 Å². The Morgan fingerprint density at radius 3 is 2.21 bits per heavy atom. The van der Waals surface area contributed by atoms with Crippen LogP contribution in [0.2, 0.25) is 0 Å². The minimum Gasteiger partial charge on any atom is -0.465 e. The highest BCUT2D eigenvalue weighted by Crippen LogP contribution is 2.40. The van der Waals surface area contributed by atoms with Crippen LogP contribution in [0.3, 0.4) is 0 Å². The zero-order valence-corrected chi connectivity index (χ0v) is 14.7. The first-order valence-corrected chi connectivity index (χ1v) is 8.78. The number of halogens is 1. The van der Waals surface area contributed by atoms with E-state index in [0.29, 0.717) is 12.1 Å². The Hall–Kier alpha value is -1.62. The van der Waals surface area contributed by atoms with E-state index < -0.39 is 6.09 Å². The second kappa shape index (κ2) is 6.36. The lowest BCUT2D eigenvalue weighted by molar-refractivity contribution is 0.0162. The molecule has 0 saturated carbocycles. The van der Waals surface area contributed by atoms with Gasteiger partial charge in [0.2, 0.25) is 0 Å². The maximum atomic E-state index is 13.1. The molecule has 2 fully saturated rings. The highest BCUT2D eigenvalue weighted by atomic mass is 19.1. The molecule has 2 atom stereocenters. The van der Waals surface area contributed by atoms with Crippen LogP contribution in [0.4, 0.5) is 9.18 Å². The standard InChI is InChI=1S/C19H27FN2O2/c1-19(2,3)22(18(23)24)17-10-15-8-9-16(11-17)21(15)12-13-4-6-14(20)7-5-13/h4-7,15-17H,8-12H2,1-3H3,(H,23,24). The number of amides is 1. The second-order valence-electron chi connectivity index (χ2n) is 8.13. The van der Waals surface area contributed by atoms with Crippen LogP contribution in [0.15, 0.2) is 24.3 Å². The van der Waals surface area contributed by atoms with E-state index in [0.717, 1.165) is 37.8 Å². The van der Waals surface area contributed by atoms with Gasteiger partial charge in [0.1, 0.15) is 5.82 Å². The number of carboxylic acid groups (broad SMARTS) is 1. The molecule has 2 unspecified atom stereocenters. The molecule has 0 aromatic heterocycles. The Kier molecular flexibility index (Phi) is 4.56. The van der Waals surface area contributed by atoms with Gasteiger partial charge in [-0.2, -0.15) is 0 Å². The summed E-state index contributed by atoms with van der Waals surface area (Å²) in [6.07, 6.45) is 3.21. The topological polar surface area (TPSA) is 43.8 Å². The van der Waals surface area contributed by atoms with Gasteiger partial charge in [-0.25, -0.2) is 9.18 Å². The summed E-state index contributed by atoms with van der Waals surface area (Å²) >= 11 is 0. The average molecular weight is 334 g/mol. The molecular weight excluding hydrogens is 307 g/mol. The van der Waals surface area contributed by atoms with E-state index in [1.54, 1.807) is 4.90 Å². The fourth-order valence-electron chi connectivity index (χ4n) is 4.51. The first-order chi connectivity index (χ1) is 11.3. The molecule has 2 saturated heterocycles. The van der Waals surface area contributed by atoms with Crippen LogP contribution < -0.4 is 0 Å². The number of fused-ring (bicyclic) bond motifs is 2. The van der Waals surface area contributed by atoms with Gasteiger partial charge in [0.15, 0.2) is 0 Å². The predicted octanol–water partition coefficient (Wildman–Crippen LogP) is 4.10. The molecule has 0 spiro atoms. The number of piperidine rings is 1. The summed E-state index contributed by atoms with van der Waals surface area (Å²) in [5.74, 6) is -0.206. The van der Waals surface area contributed by atoms with Crippen molar-refractivity contribution >= 4 is 6.09 Å². The van der Waals surface area contributed by atoms with Crippen molar-refractivity contribution in [3.05, 3.63) is 35.6 Å². The van der Waals surface area contributed by atoms with E-state index in [4.69, 9.17) is 0 Å². The van der Waals surface area contributed by atoms with Crippen LogP contribution in [-0.4, -0.2) is 44.7 Å². The number of nitrogens with zero attached hydrogens (tertiary/aromatic N) is 2. The summed E-state index contributed by atoms with van der Waals surface area (Å²) in [5.41, 5.74) is 0.743. The summed E-state index contributed by atoms with van der Waals surface area (Å²) in [5, 5.41) is 9.66. The largest absolute Gasteiger partial charge is 0.465 e. The molecule has 2 bridgehead atoms. The van der Waals surface area contributed by atoms with Gasteiger partial charge >= 0.3 is 6.09 Å². The highest BCUT2D eigenvalue weighted by Gasteiger charge is 2.45. The SMILES string of the molecule is CC(C)(C)N(C(=O)O)C1CC2CCC(C1)N2Cc1ccc(F)cc1. The summed E-state index contributed by atoms with van der Waals surface area (Å²) in [6.45, 7) is 6.72. The molecule has 132 valence electrons. The quantitative estimate of drug-likeness (QED) is 0.905. The van der Waals surface area contributed by atoms with Gasteiger partial charge in [0.25, 0.3) is 0 Å². The Morgan fingerprint density at radius 1 is 1.21 bits per heavy atom. The molecule has 24 heavy (non-hydrogen) atoms. The van der Waals surface area contributed by atoms with Crippen LogP contribution in [0, 0.1) is 5.82 Å². The Labute approximate surface area is 143 Å². The molecule has 1 aromatic carbocycles. The second-order valence-corrected chi connectivity index (χ2v) is 8.13. The van der Waals surface area contributed by atoms with Crippen molar-refractivity contribution in [3.63, 3.8) is 0 Å². The maximum absolute atomic E-state index is 13.1. The highest BCUT2D eigenvalue weighted by molar-refractivity contribution is 5.66. The third-order valence-electron chi connectivity index (χ3n) is 5.43. The average Bonchev–Trinajstić information content (AvgIpc) is 2.70. The van der Waals surface area contributed by atoms with Crippen molar-refractivity contribution in [1.29, 1.82) is 0 Å². The first-order valence-electron chi connectivity index (χ1n) is 8.78.